The Hall–Kier alpha value is -1.62. The average molecular weight is 265 g/mol. The molecule has 1 amide bonds. The minimum Gasteiger partial charge on any atom is -0.385 e. The zero-order valence-corrected chi connectivity index (χ0v) is 11.9. The second kappa shape index (κ2) is 7.74. The maximum Gasteiger partial charge on any atom is 0.251 e. The fraction of sp³-hybridized carbons (Fsp3) is 0.571. The topological polar surface area (TPSA) is 77.2 Å². The highest BCUT2D eigenvalue weighted by Crippen LogP contribution is 2.10. The number of amides is 1. The van der Waals surface area contributed by atoms with Crippen LogP contribution in [0.1, 0.15) is 42.7 Å². The summed E-state index contributed by atoms with van der Waals surface area (Å²) in [6.07, 6.45) is 2.58. The lowest BCUT2D eigenvalue weighted by atomic mass is 10.1. The Morgan fingerprint density at radius 3 is 2.89 bits per heavy atom. The Morgan fingerprint density at radius 1 is 1.53 bits per heavy atom. The van der Waals surface area contributed by atoms with Crippen LogP contribution in [0.2, 0.25) is 0 Å². The average Bonchev–Trinajstić information content (AvgIpc) is 2.36. The molecule has 0 fully saturated rings. The third-order valence-corrected chi connectivity index (χ3v) is 2.80. The maximum atomic E-state index is 12.1. The SMILES string of the molecule is CCCc1cc(C(=O)NC(C)CCOC)cc(N)n1. The Balaban J connectivity index is 2.70. The first-order chi connectivity index (χ1) is 9.06. The summed E-state index contributed by atoms with van der Waals surface area (Å²) in [5.74, 6) is 0.274. The van der Waals surface area contributed by atoms with Crippen molar-refractivity contribution < 1.29 is 9.53 Å². The van der Waals surface area contributed by atoms with Crippen LogP contribution in [0.25, 0.3) is 0 Å². The highest BCUT2D eigenvalue weighted by atomic mass is 16.5. The molecule has 1 aromatic rings. The Kier molecular flexibility index (Phi) is 6.29. The Morgan fingerprint density at radius 2 is 2.26 bits per heavy atom. The van der Waals surface area contributed by atoms with E-state index >= 15 is 0 Å². The number of methoxy groups -OCH3 is 1. The molecule has 0 bridgehead atoms. The van der Waals surface area contributed by atoms with Crippen molar-refractivity contribution in [2.45, 2.75) is 39.2 Å². The minimum atomic E-state index is -0.116. The predicted molar refractivity (Wildman–Crippen MR) is 76.1 cm³/mol. The van der Waals surface area contributed by atoms with Crippen molar-refractivity contribution in [3.8, 4) is 0 Å². The third-order valence-electron chi connectivity index (χ3n) is 2.80. The number of ether oxygens (including phenoxy) is 1. The molecule has 0 radical (unpaired) electrons. The maximum absolute atomic E-state index is 12.1. The van der Waals surface area contributed by atoms with Gasteiger partial charge in [-0.25, -0.2) is 4.98 Å². The second-order valence-corrected chi connectivity index (χ2v) is 4.68. The quantitative estimate of drug-likeness (QED) is 0.787. The number of nitrogens with zero attached hydrogens (tertiary/aromatic N) is 1. The number of nitrogens with two attached hydrogens (primary N) is 1. The number of nitrogen functional groups attached to an aromatic ring is 1. The van der Waals surface area contributed by atoms with Crippen LogP contribution in [-0.2, 0) is 11.2 Å². The number of nitrogens with one attached hydrogen (secondary N) is 1. The molecule has 0 aliphatic heterocycles. The van der Waals surface area contributed by atoms with Crippen LogP contribution >= 0.6 is 0 Å². The van der Waals surface area contributed by atoms with E-state index in [9.17, 15) is 4.79 Å². The fourth-order valence-corrected chi connectivity index (χ4v) is 1.80. The van der Waals surface area contributed by atoms with Crippen LogP contribution in [0, 0.1) is 0 Å². The van der Waals surface area contributed by atoms with Gasteiger partial charge in [0, 0.05) is 31.0 Å². The molecule has 0 spiro atoms. The van der Waals surface area contributed by atoms with Crippen molar-refractivity contribution in [2.24, 2.45) is 0 Å². The molecule has 0 aromatic carbocycles. The molecule has 0 aliphatic carbocycles. The summed E-state index contributed by atoms with van der Waals surface area (Å²) in [5.41, 5.74) is 7.16. The van der Waals surface area contributed by atoms with E-state index in [-0.39, 0.29) is 11.9 Å². The third kappa shape index (κ3) is 5.26. The van der Waals surface area contributed by atoms with Crippen LogP contribution in [0.5, 0.6) is 0 Å². The summed E-state index contributed by atoms with van der Waals surface area (Å²) in [6, 6.07) is 3.48. The number of aryl methyl sites for hydroxylation is 1. The van der Waals surface area contributed by atoms with E-state index in [2.05, 4.69) is 17.2 Å². The van der Waals surface area contributed by atoms with Crippen LogP contribution in [0.4, 0.5) is 5.82 Å². The molecule has 19 heavy (non-hydrogen) atoms. The van der Waals surface area contributed by atoms with Crippen molar-refractivity contribution >= 4 is 11.7 Å². The number of anilines is 1. The summed E-state index contributed by atoms with van der Waals surface area (Å²) in [7, 11) is 1.65. The number of rotatable bonds is 7. The molecule has 5 heteroatoms. The van der Waals surface area contributed by atoms with E-state index in [4.69, 9.17) is 10.5 Å². The van der Waals surface area contributed by atoms with E-state index in [0.717, 1.165) is 25.0 Å². The van der Waals surface area contributed by atoms with Crippen LogP contribution in [-0.4, -0.2) is 30.6 Å². The predicted octanol–water partition coefficient (Wildman–Crippen LogP) is 1.77. The van der Waals surface area contributed by atoms with Gasteiger partial charge in [-0.1, -0.05) is 13.3 Å². The summed E-state index contributed by atoms with van der Waals surface area (Å²) in [4.78, 5) is 16.3. The lowest BCUT2D eigenvalue weighted by Crippen LogP contribution is -2.33. The molecule has 1 unspecified atom stereocenters. The normalized spacial score (nSPS) is 12.2. The molecule has 3 N–H and O–H groups in total. The monoisotopic (exact) mass is 265 g/mol. The lowest BCUT2D eigenvalue weighted by molar-refractivity contribution is 0.0929. The standard InChI is InChI=1S/C14H23N3O2/c1-4-5-12-8-11(9-13(15)17-12)14(18)16-10(2)6-7-19-3/h8-10H,4-7H2,1-3H3,(H2,15,17)(H,16,18). The van der Waals surface area contributed by atoms with Gasteiger partial charge in [-0.15, -0.1) is 0 Å². The van der Waals surface area contributed by atoms with Gasteiger partial charge in [-0.05, 0) is 31.9 Å². The molecule has 0 saturated carbocycles. The van der Waals surface area contributed by atoms with Crippen molar-refractivity contribution in [2.75, 3.05) is 19.5 Å². The molecule has 1 heterocycles. The van der Waals surface area contributed by atoms with E-state index in [1.807, 2.05) is 6.92 Å². The molecule has 1 aromatic heterocycles. The number of aromatic nitrogens is 1. The van der Waals surface area contributed by atoms with E-state index < -0.39 is 0 Å². The summed E-state index contributed by atoms with van der Waals surface area (Å²) in [5, 5.41) is 2.93. The molecular weight excluding hydrogens is 242 g/mol. The van der Waals surface area contributed by atoms with E-state index in [0.29, 0.717) is 18.0 Å². The lowest BCUT2D eigenvalue weighted by Gasteiger charge is -2.14. The first-order valence-corrected chi connectivity index (χ1v) is 6.63. The molecule has 0 saturated heterocycles. The first kappa shape index (κ1) is 15.4. The van der Waals surface area contributed by atoms with E-state index in [1.54, 1.807) is 19.2 Å². The van der Waals surface area contributed by atoms with E-state index in [1.165, 1.54) is 0 Å². The number of carbonyl (C=O) groups excluding carboxylic acids is 1. The number of carbonyl (C=O) groups is 1. The zero-order chi connectivity index (χ0) is 14.3. The van der Waals surface area contributed by atoms with Gasteiger partial charge < -0.3 is 15.8 Å². The molecule has 0 aliphatic rings. The van der Waals surface area contributed by atoms with Crippen molar-refractivity contribution in [1.29, 1.82) is 0 Å². The minimum absolute atomic E-state index is 0.0662. The van der Waals surface area contributed by atoms with Gasteiger partial charge in [0.15, 0.2) is 0 Å². The molecular formula is C14H23N3O2. The van der Waals surface area contributed by atoms with Gasteiger partial charge in [0.05, 0.1) is 0 Å². The fourth-order valence-electron chi connectivity index (χ4n) is 1.80. The van der Waals surface area contributed by atoms with Gasteiger partial charge in [-0.3, -0.25) is 4.79 Å². The van der Waals surface area contributed by atoms with Crippen molar-refractivity contribution in [3.63, 3.8) is 0 Å². The summed E-state index contributed by atoms with van der Waals surface area (Å²) >= 11 is 0. The molecule has 1 rings (SSSR count). The number of hydrogen-bond acceptors (Lipinski definition) is 4. The highest BCUT2D eigenvalue weighted by Gasteiger charge is 2.11. The first-order valence-electron chi connectivity index (χ1n) is 6.63. The molecule has 106 valence electrons. The second-order valence-electron chi connectivity index (χ2n) is 4.68. The van der Waals surface area contributed by atoms with Gasteiger partial charge in [0.1, 0.15) is 5.82 Å². The van der Waals surface area contributed by atoms with Crippen LogP contribution < -0.4 is 11.1 Å². The molecule has 1 atom stereocenters. The van der Waals surface area contributed by atoms with Crippen molar-refractivity contribution in [1.82, 2.24) is 10.3 Å². The highest BCUT2D eigenvalue weighted by molar-refractivity contribution is 5.95. The number of pyridine rings is 1. The van der Waals surface area contributed by atoms with Gasteiger partial charge in [0.25, 0.3) is 5.91 Å². The smallest absolute Gasteiger partial charge is 0.251 e. The molecule has 5 nitrogen and oxygen atoms in total. The largest absolute Gasteiger partial charge is 0.385 e. The summed E-state index contributed by atoms with van der Waals surface area (Å²) < 4.78 is 4.99. The van der Waals surface area contributed by atoms with Gasteiger partial charge >= 0.3 is 0 Å². The Bertz CT molecular complexity index is 421. The Labute approximate surface area is 114 Å². The number of hydrogen-bond donors (Lipinski definition) is 2. The van der Waals surface area contributed by atoms with Crippen LogP contribution in [0.3, 0.4) is 0 Å². The van der Waals surface area contributed by atoms with Crippen molar-refractivity contribution in [3.05, 3.63) is 23.4 Å². The summed E-state index contributed by atoms with van der Waals surface area (Å²) in [6.45, 7) is 4.65. The zero-order valence-electron chi connectivity index (χ0n) is 11.9. The van der Waals surface area contributed by atoms with Gasteiger partial charge in [-0.2, -0.15) is 0 Å². The van der Waals surface area contributed by atoms with Gasteiger partial charge in [0.2, 0.25) is 0 Å². The van der Waals surface area contributed by atoms with Crippen LogP contribution in [0.15, 0.2) is 12.1 Å².